The zero-order valence-electron chi connectivity index (χ0n) is 8.30. The highest BCUT2D eigenvalue weighted by Gasteiger charge is 2.08. The summed E-state index contributed by atoms with van der Waals surface area (Å²) in [6, 6.07) is 3.53. The van der Waals surface area contributed by atoms with Gasteiger partial charge in [-0.15, -0.1) is 0 Å². The second-order valence-corrected chi connectivity index (χ2v) is 3.03. The predicted octanol–water partition coefficient (Wildman–Crippen LogP) is 0.832. The number of amides is 1. The first-order chi connectivity index (χ1) is 7.22. The quantitative estimate of drug-likeness (QED) is 0.806. The maximum absolute atomic E-state index is 11.0. The molecule has 0 aromatic carbocycles. The van der Waals surface area contributed by atoms with Crippen molar-refractivity contribution >= 4 is 11.6 Å². The second-order valence-electron chi connectivity index (χ2n) is 3.03. The van der Waals surface area contributed by atoms with Crippen LogP contribution in [0.2, 0.25) is 0 Å². The number of aromatic nitrogens is 2. The van der Waals surface area contributed by atoms with Gasteiger partial charge in [-0.2, -0.15) is 0 Å². The Morgan fingerprint density at radius 1 is 1.67 bits per heavy atom. The summed E-state index contributed by atoms with van der Waals surface area (Å²) in [5, 5.41) is 0. The SMILES string of the molecule is CCOc1ccn2c(C(N)=O)cnc2c1. The largest absolute Gasteiger partial charge is 0.494 e. The molecule has 0 saturated carbocycles. The van der Waals surface area contributed by atoms with Crippen molar-refractivity contribution in [1.82, 2.24) is 9.38 Å². The zero-order valence-corrected chi connectivity index (χ0v) is 8.30. The normalized spacial score (nSPS) is 10.5. The number of ether oxygens (including phenoxy) is 1. The van der Waals surface area contributed by atoms with Gasteiger partial charge in [0.05, 0.1) is 12.8 Å². The molecule has 0 saturated heterocycles. The topological polar surface area (TPSA) is 69.6 Å². The molecule has 2 aromatic heterocycles. The molecule has 0 aliphatic rings. The third kappa shape index (κ3) is 1.63. The van der Waals surface area contributed by atoms with Crippen molar-refractivity contribution in [3.63, 3.8) is 0 Å². The van der Waals surface area contributed by atoms with Gasteiger partial charge in [-0.05, 0) is 13.0 Å². The monoisotopic (exact) mass is 205 g/mol. The van der Waals surface area contributed by atoms with Crippen molar-refractivity contribution in [1.29, 1.82) is 0 Å². The Bertz CT molecular complexity index is 504. The molecule has 2 heterocycles. The summed E-state index contributed by atoms with van der Waals surface area (Å²) < 4.78 is 6.94. The van der Waals surface area contributed by atoms with Crippen molar-refractivity contribution in [2.24, 2.45) is 5.73 Å². The van der Waals surface area contributed by atoms with Gasteiger partial charge in [0.1, 0.15) is 17.1 Å². The van der Waals surface area contributed by atoms with Gasteiger partial charge < -0.3 is 10.5 Å². The summed E-state index contributed by atoms with van der Waals surface area (Å²) in [6.45, 7) is 2.50. The number of rotatable bonds is 3. The van der Waals surface area contributed by atoms with Crippen LogP contribution in [0.4, 0.5) is 0 Å². The lowest BCUT2D eigenvalue weighted by Crippen LogP contribution is -2.13. The molecule has 5 heteroatoms. The van der Waals surface area contributed by atoms with E-state index in [2.05, 4.69) is 4.98 Å². The van der Waals surface area contributed by atoms with E-state index in [9.17, 15) is 4.79 Å². The number of hydrogen-bond acceptors (Lipinski definition) is 3. The average Bonchev–Trinajstić information content (AvgIpc) is 2.61. The molecular weight excluding hydrogens is 194 g/mol. The number of carbonyl (C=O) groups is 1. The molecule has 2 N–H and O–H groups in total. The van der Waals surface area contributed by atoms with E-state index < -0.39 is 5.91 Å². The molecule has 0 bridgehead atoms. The Balaban J connectivity index is 2.51. The molecule has 78 valence electrons. The van der Waals surface area contributed by atoms with Gasteiger partial charge in [0.2, 0.25) is 0 Å². The fraction of sp³-hybridized carbons (Fsp3) is 0.200. The van der Waals surface area contributed by atoms with E-state index in [4.69, 9.17) is 10.5 Å². The summed E-state index contributed by atoms with van der Waals surface area (Å²) in [4.78, 5) is 15.1. The van der Waals surface area contributed by atoms with Gasteiger partial charge in [-0.3, -0.25) is 9.20 Å². The van der Waals surface area contributed by atoms with Gasteiger partial charge in [0.15, 0.2) is 0 Å². The number of nitrogens with two attached hydrogens (primary N) is 1. The van der Waals surface area contributed by atoms with E-state index in [0.717, 1.165) is 5.75 Å². The third-order valence-corrected chi connectivity index (χ3v) is 2.05. The summed E-state index contributed by atoms with van der Waals surface area (Å²) >= 11 is 0. The standard InChI is InChI=1S/C10H11N3O2/c1-2-15-7-3-4-13-8(10(11)14)6-12-9(13)5-7/h3-6H,2H2,1H3,(H2,11,14). The van der Waals surface area contributed by atoms with Crippen molar-refractivity contribution in [2.45, 2.75) is 6.92 Å². The Labute approximate surface area is 86.5 Å². The molecule has 15 heavy (non-hydrogen) atoms. The molecule has 0 fully saturated rings. The Morgan fingerprint density at radius 3 is 3.13 bits per heavy atom. The summed E-state index contributed by atoms with van der Waals surface area (Å²) in [6.07, 6.45) is 3.17. The van der Waals surface area contributed by atoms with Crippen molar-refractivity contribution in [2.75, 3.05) is 6.61 Å². The first-order valence-corrected chi connectivity index (χ1v) is 4.62. The van der Waals surface area contributed by atoms with Gasteiger partial charge in [-0.1, -0.05) is 0 Å². The van der Waals surface area contributed by atoms with Crippen molar-refractivity contribution in [3.8, 4) is 5.75 Å². The first kappa shape index (κ1) is 9.51. The summed E-state index contributed by atoms with van der Waals surface area (Å²) in [5.41, 5.74) is 6.21. The van der Waals surface area contributed by atoms with Crippen molar-refractivity contribution in [3.05, 3.63) is 30.2 Å². The number of carbonyl (C=O) groups excluding carboxylic acids is 1. The van der Waals surface area contributed by atoms with E-state index in [1.807, 2.05) is 6.92 Å². The lowest BCUT2D eigenvalue weighted by atomic mass is 10.4. The number of pyridine rings is 1. The van der Waals surface area contributed by atoms with E-state index >= 15 is 0 Å². The Kier molecular flexibility index (Phi) is 2.29. The van der Waals surface area contributed by atoms with Gasteiger partial charge in [0.25, 0.3) is 5.91 Å². The number of imidazole rings is 1. The number of primary amides is 1. The minimum Gasteiger partial charge on any atom is -0.494 e. The van der Waals surface area contributed by atoms with Crippen LogP contribution in [0.25, 0.3) is 5.65 Å². The molecule has 0 unspecified atom stereocenters. The van der Waals surface area contributed by atoms with Crippen LogP contribution >= 0.6 is 0 Å². The highest BCUT2D eigenvalue weighted by molar-refractivity contribution is 5.91. The molecule has 0 atom stereocenters. The highest BCUT2D eigenvalue weighted by atomic mass is 16.5. The number of hydrogen-bond donors (Lipinski definition) is 1. The minimum absolute atomic E-state index is 0.369. The molecule has 2 aromatic rings. The van der Waals surface area contributed by atoms with E-state index in [1.54, 1.807) is 22.7 Å². The molecule has 1 amide bonds. The van der Waals surface area contributed by atoms with E-state index in [-0.39, 0.29) is 0 Å². The molecular formula is C10H11N3O2. The summed E-state index contributed by atoms with van der Waals surface area (Å²) in [7, 11) is 0. The highest BCUT2D eigenvalue weighted by Crippen LogP contribution is 2.15. The van der Waals surface area contributed by atoms with Crippen LogP contribution in [0, 0.1) is 0 Å². The van der Waals surface area contributed by atoms with Gasteiger partial charge in [0, 0.05) is 12.3 Å². The molecule has 5 nitrogen and oxygen atoms in total. The summed E-state index contributed by atoms with van der Waals surface area (Å²) in [5.74, 6) is 0.235. The van der Waals surface area contributed by atoms with Crippen molar-refractivity contribution < 1.29 is 9.53 Å². The predicted molar refractivity (Wildman–Crippen MR) is 54.9 cm³/mol. The Hall–Kier alpha value is -2.04. The average molecular weight is 205 g/mol. The van der Waals surface area contributed by atoms with Crippen LogP contribution in [0.15, 0.2) is 24.5 Å². The molecule has 0 aliphatic heterocycles. The smallest absolute Gasteiger partial charge is 0.267 e. The lowest BCUT2D eigenvalue weighted by Gasteiger charge is -2.03. The molecule has 0 spiro atoms. The van der Waals surface area contributed by atoms with Crippen LogP contribution in [-0.4, -0.2) is 21.9 Å². The van der Waals surface area contributed by atoms with Gasteiger partial charge >= 0.3 is 0 Å². The van der Waals surface area contributed by atoms with Crippen LogP contribution in [0.3, 0.4) is 0 Å². The maximum Gasteiger partial charge on any atom is 0.267 e. The van der Waals surface area contributed by atoms with E-state index in [0.29, 0.717) is 17.9 Å². The Morgan fingerprint density at radius 2 is 2.47 bits per heavy atom. The van der Waals surface area contributed by atoms with E-state index in [1.165, 1.54) is 6.20 Å². The van der Waals surface area contributed by atoms with Crippen LogP contribution in [0.5, 0.6) is 5.75 Å². The lowest BCUT2D eigenvalue weighted by molar-refractivity contribution is 0.0994. The fourth-order valence-corrected chi connectivity index (χ4v) is 1.40. The number of fused-ring (bicyclic) bond motifs is 1. The van der Waals surface area contributed by atoms with Gasteiger partial charge in [-0.25, -0.2) is 4.98 Å². The second kappa shape index (κ2) is 3.61. The zero-order chi connectivity index (χ0) is 10.8. The van der Waals surface area contributed by atoms with Crippen LogP contribution in [0.1, 0.15) is 17.4 Å². The van der Waals surface area contributed by atoms with Crippen LogP contribution < -0.4 is 10.5 Å². The maximum atomic E-state index is 11.0. The van der Waals surface area contributed by atoms with Crippen LogP contribution in [-0.2, 0) is 0 Å². The molecule has 2 rings (SSSR count). The number of nitrogens with zero attached hydrogens (tertiary/aromatic N) is 2. The molecule has 0 radical (unpaired) electrons. The third-order valence-electron chi connectivity index (χ3n) is 2.05. The minimum atomic E-state index is -0.494. The molecule has 0 aliphatic carbocycles. The fourth-order valence-electron chi connectivity index (χ4n) is 1.40. The first-order valence-electron chi connectivity index (χ1n) is 4.62.